The quantitative estimate of drug-likeness (QED) is 0.350. The van der Waals surface area contributed by atoms with Crippen molar-refractivity contribution in [1.82, 2.24) is 0 Å². The Morgan fingerprint density at radius 1 is 0.969 bits per heavy atom. The number of Topliss-reactive ketones (excluding diaryl/α,β-unsaturated/α-hetero) is 2. The zero-order valence-electron chi connectivity index (χ0n) is 18.9. The summed E-state index contributed by atoms with van der Waals surface area (Å²) in [4.78, 5) is 44.5. The first kappa shape index (κ1) is 23.5. The minimum absolute atomic E-state index is 0.122. The molecule has 0 amide bonds. The van der Waals surface area contributed by atoms with Gasteiger partial charge in [0, 0.05) is 30.8 Å². The van der Waals surface area contributed by atoms with Crippen LogP contribution < -0.4 is 0 Å². The van der Waals surface area contributed by atoms with Crippen LogP contribution in [0, 0.1) is 41.4 Å². The lowest BCUT2D eigenvalue weighted by Gasteiger charge is -2.22. The predicted octanol–water partition coefficient (Wildman–Crippen LogP) is 3.88. The van der Waals surface area contributed by atoms with Crippen LogP contribution in [0.5, 0.6) is 0 Å². The fraction of sp³-hybridized carbons (Fsp3) is 0.760. The average Bonchev–Trinajstić information content (AvgIpc) is 3.60. The van der Waals surface area contributed by atoms with E-state index in [-0.39, 0.29) is 11.2 Å². The number of carbonyl (C=O) groups is 4. The van der Waals surface area contributed by atoms with Gasteiger partial charge < -0.3 is 9.47 Å². The molecule has 0 heterocycles. The average molecular weight is 465 g/mol. The van der Waals surface area contributed by atoms with Crippen molar-refractivity contribution in [3.8, 4) is 0 Å². The smallest absolute Gasteiger partial charge is 0.317 e. The number of fused-ring (bicyclic) bond motifs is 7. The topological polar surface area (TPSA) is 86.7 Å². The molecule has 0 radical (unpaired) electrons. The van der Waals surface area contributed by atoms with E-state index in [1.807, 2.05) is 0 Å². The second-order valence-corrected chi connectivity index (χ2v) is 10.6. The lowest BCUT2D eigenvalue weighted by molar-refractivity contribution is -0.148. The fourth-order valence-electron chi connectivity index (χ4n) is 6.89. The fourth-order valence-corrected chi connectivity index (χ4v) is 7.30. The molecule has 0 aliphatic heterocycles. The van der Waals surface area contributed by atoms with Crippen molar-refractivity contribution < 1.29 is 28.7 Å². The molecule has 6 rings (SSSR count). The lowest BCUT2D eigenvalue weighted by Crippen LogP contribution is -2.23. The van der Waals surface area contributed by atoms with E-state index < -0.39 is 11.9 Å². The zero-order chi connectivity index (χ0) is 23.0. The highest BCUT2D eigenvalue weighted by Gasteiger charge is 2.53. The molecule has 0 aromatic carbocycles. The van der Waals surface area contributed by atoms with Crippen LogP contribution in [0.4, 0.5) is 0 Å². The minimum atomic E-state index is -0.690. The summed E-state index contributed by atoms with van der Waals surface area (Å²) in [6.07, 6.45) is 11.4. The Morgan fingerprint density at radius 3 is 2.28 bits per heavy atom. The van der Waals surface area contributed by atoms with Crippen molar-refractivity contribution in [2.24, 2.45) is 41.4 Å². The first-order chi connectivity index (χ1) is 15.3. The van der Waals surface area contributed by atoms with Gasteiger partial charge in [0.15, 0.2) is 11.6 Å². The molecule has 0 N–H and O–H groups in total. The van der Waals surface area contributed by atoms with Crippen LogP contribution in [-0.4, -0.2) is 42.9 Å². The molecule has 0 spiro atoms. The summed E-state index contributed by atoms with van der Waals surface area (Å²) in [6.45, 7) is 0. The summed E-state index contributed by atoms with van der Waals surface area (Å²) in [7, 11) is 2.74. The third-order valence-corrected chi connectivity index (χ3v) is 9.11. The normalized spacial score (nSPS) is 40.3. The number of hydrogen-bond acceptors (Lipinski definition) is 6. The van der Waals surface area contributed by atoms with E-state index in [0.29, 0.717) is 41.5 Å². The number of ether oxygens (including phenoxy) is 2. The van der Waals surface area contributed by atoms with Crippen molar-refractivity contribution in [2.75, 3.05) is 14.2 Å². The molecule has 6 aliphatic rings. The van der Waals surface area contributed by atoms with Gasteiger partial charge in [-0.1, -0.05) is 6.42 Å². The molecule has 4 bridgehead atoms. The van der Waals surface area contributed by atoms with Gasteiger partial charge in [-0.15, -0.1) is 11.6 Å². The number of alkyl halides is 1. The van der Waals surface area contributed by atoms with Crippen molar-refractivity contribution in [2.45, 2.75) is 63.2 Å². The maximum Gasteiger partial charge on any atom is 0.317 e. The number of halogens is 1. The minimum Gasteiger partial charge on any atom is -0.501 e. The Labute approximate surface area is 194 Å². The summed E-state index contributed by atoms with van der Waals surface area (Å²) >= 11 is 5.81. The number of rotatable bonds is 2. The second kappa shape index (κ2) is 9.66. The molecular weight excluding hydrogens is 432 g/mol. The van der Waals surface area contributed by atoms with Crippen LogP contribution in [-0.2, 0) is 28.7 Å². The zero-order valence-corrected chi connectivity index (χ0v) is 19.6. The van der Waals surface area contributed by atoms with Crippen LogP contribution in [0.2, 0.25) is 0 Å². The van der Waals surface area contributed by atoms with Gasteiger partial charge in [0.1, 0.15) is 17.5 Å². The van der Waals surface area contributed by atoms with Gasteiger partial charge in [-0.2, -0.15) is 0 Å². The Hall–Kier alpha value is -1.69. The van der Waals surface area contributed by atoms with Gasteiger partial charge in [0.2, 0.25) is 0 Å². The molecular formula is C25H33ClO6. The summed E-state index contributed by atoms with van der Waals surface area (Å²) in [5, 5.41) is -0.122. The van der Waals surface area contributed by atoms with Crippen LogP contribution in [0.15, 0.2) is 11.8 Å². The molecule has 8 atom stereocenters. The van der Waals surface area contributed by atoms with E-state index in [0.717, 1.165) is 37.0 Å². The van der Waals surface area contributed by atoms with Crippen LogP contribution in [0.1, 0.15) is 57.8 Å². The second-order valence-electron chi connectivity index (χ2n) is 10.1. The van der Waals surface area contributed by atoms with Gasteiger partial charge in [-0.25, -0.2) is 0 Å². The van der Waals surface area contributed by atoms with Gasteiger partial charge in [0.05, 0.1) is 19.6 Å². The predicted molar refractivity (Wildman–Crippen MR) is 118 cm³/mol. The molecule has 5 fully saturated rings. The molecule has 0 saturated heterocycles. The highest BCUT2D eigenvalue weighted by molar-refractivity contribution is 6.32. The lowest BCUT2D eigenvalue weighted by atomic mass is 9.81. The number of ketones is 3. The van der Waals surface area contributed by atoms with E-state index >= 15 is 0 Å². The molecule has 32 heavy (non-hydrogen) atoms. The Balaban J connectivity index is 0.000000116. The van der Waals surface area contributed by atoms with Gasteiger partial charge >= 0.3 is 5.97 Å². The summed E-state index contributed by atoms with van der Waals surface area (Å²) < 4.78 is 9.29. The standard InChI is InChI=1S/C10H14O.C8H10O4.C7H9ClO/c11-10-5-6-4-9(10)8-3-1-2-7(6)8;1-11-5-3-6(7(9)4-5)8(10)12-2;8-6-4-1-2-5(3-4)7(6)9/h6-9H,1-5H2;4,6H,3H2,1-2H3;4-6H,1-3H2. The van der Waals surface area contributed by atoms with E-state index in [1.165, 1.54) is 52.4 Å². The third kappa shape index (κ3) is 4.40. The summed E-state index contributed by atoms with van der Waals surface area (Å²) in [5.74, 6) is 4.04. The number of hydrogen-bond donors (Lipinski definition) is 0. The molecule has 7 heteroatoms. The van der Waals surface area contributed by atoms with Crippen molar-refractivity contribution in [3.05, 3.63) is 11.8 Å². The first-order valence-electron chi connectivity index (χ1n) is 11.9. The van der Waals surface area contributed by atoms with Gasteiger partial charge in [-0.05, 0) is 62.2 Å². The van der Waals surface area contributed by atoms with Crippen molar-refractivity contribution in [3.63, 3.8) is 0 Å². The molecule has 8 unspecified atom stereocenters. The summed E-state index contributed by atoms with van der Waals surface area (Å²) in [6, 6.07) is 0. The number of methoxy groups -OCH3 is 2. The highest BCUT2D eigenvalue weighted by atomic mass is 35.5. The van der Waals surface area contributed by atoms with Crippen LogP contribution in [0.25, 0.3) is 0 Å². The maximum atomic E-state index is 11.4. The number of esters is 1. The van der Waals surface area contributed by atoms with Crippen molar-refractivity contribution in [1.29, 1.82) is 0 Å². The van der Waals surface area contributed by atoms with E-state index in [2.05, 4.69) is 4.74 Å². The Morgan fingerprint density at radius 2 is 1.72 bits per heavy atom. The first-order valence-corrected chi connectivity index (χ1v) is 12.3. The van der Waals surface area contributed by atoms with E-state index in [4.69, 9.17) is 16.3 Å². The van der Waals surface area contributed by atoms with E-state index in [1.54, 1.807) is 0 Å². The molecule has 0 aromatic rings. The maximum absolute atomic E-state index is 11.4. The van der Waals surface area contributed by atoms with Gasteiger partial charge in [0.25, 0.3) is 0 Å². The van der Waals surface area contributed by atoms with E-state index in [9.17, 15) is 19.2 Å². The highest BCUT2D eigenvalue weighted by Crippen LogP contribution is 2.57. The van der Waals surface area contributed by atoms with Crippen LogP contribution >= 0.6 is 11.6 Å². The van der Waals surface area contributed by atoms with Crippen LogP contribution in [0.3, 0.4) is 0 Å². The largest absolute Gasteiger partial charge is 0.501 e. The van der Waals surface area contributed by atoms with Gasteiger partial charge in [-0.3, -0.25) is 19.2 Å². The molecule has 176 valence electrons. The Kier molecular flexibility index (Phi) is 7.09. The Bertz CT molecular complexity index is 815. The number of carbonyl (C=O) groups excluding carboxylic acids is 4. The summed E-state index contributed by atoms with van der Waals surface area (Å²) in [5.41, 5.74) is 0. The molecule has 0 aromatic heterocycles. The number of allylic oxidation sites excluding steroid dienone is 2. The van der Waals surface area contributed by atoms with Crippen molar-refractivity contribution >= 4 is 34.9 Å². The SMILES string of the molecule is COC(=O)C1CC(OC)=CC1=O.O=C1C2CCC(C2)C1Cl.O=C1CC2CC1C1CCCC21. The molecule has 6 aliphatic carbocycles. The molecule has 6 nitrogen and oxygen atoms in total. The monoisotopic (exact) mass is 464 g/mol. The molecule has 5 saturated carbocycles. The third-order valence-electron chi connectivity index (χ3n) is 8.54.